The normalized spacial score (nSPS) is 16.8. The van der Waals surface area contributed by atoms with E-state index in [1.165, 1.54) is 11.4 Å². The molecule has 1 aliphatic heterocycles. The molecule has 0 saturated carbocycles. The predicted molar refractivity (Wildman–Crippen MR) is 129 cm³/mol. The number of aromatic nitrogens is 1. The van der Waals surface area contributed by atoms with Crippen molar-refractivity contribution in [2.75, 3.05) is 32.1 Å². The fourth-order valence-electron chi connectivity index (χ4n) is 4.57. The van der Waals surface area contributed by atoms with Crippen LogP contribution in [0.4, 0.5) is 5.69 Å². The van der Waals surface area contributed by atoms with Gasteiger partial charge in [-0.15, -0.1) is 0 Å². The SMILES string of the molecule is CCOC(=O)c1c(S(=O)(=O)N2CCCC(C(=O)Nc3ccccc3OC)C2)c(C)n(CC)c1C. The van der Waals surface area contributed by atoms with Gasteiger partial charge in [-0.3, -0.25) is 4.79 Å². The molecule has 3 rings (SSSR count). The number of piperidine rings is 1. The average Bonchev–Trinajstić information content (AvgIpc) is 3.09. The minimum atomic E-state index is -4.04. The zero-order valence-corrected chi connectivity index (χ0v) is 21.2. The minimum Gasteiger partial charge on any atom is -0.495 e. The summed E-state index contributed by atoms with van der Waals surface area (Å²) in [4.78, 5) is 25.7. The zero-order valence-electron chi connectivity index (χ0n) is 20.4. The Bertz CT molecular complexity index is 1170. The van der Waals surface area contributed by atoms with Crippen molar-refractivity contribution in [3.05, 3.63) is 41.2 Å². The molecule has 0 aliphatic carbocycles. The van der Waals surface area contributed by atoms with Gasteiger partial charge in [-0.25, -0.2) is 13.2 Å². The largest absolute Gasteiger partial charge is 0.495 e. The number of para-hydroxylation sites is 2. The minimum absolute atomic E-state index is 0.0291. The van der Waals surface area contributed by atoms with Crippen LogP contribution in [0.25, 0.3) is 0 Å². The number of methoxy groups -OCH3 is 1. The van der Waals surface area contributed by atoms with Crippen LogP contribution in [-0.2, 0) is 26.1 Å². The molecular weight excluding hydrogens is 458 g/mol. The molecule has 1 aliphatic rings. The molecule has 1 amide bonds. The smallest absolute Gasteiger partial charge is 0.341 e. The molecule has 1 atom stereocenters. The molecule has 34 heavy (non-hydrogen) atoms. The quantitative estimate of drug-likeness (QED) is 0.568. The van der Waals surface area contributed by atoms with E-state index in [0.717, 1.165) is 0 Å². The summed E-state index contributed by atoms with van der Waals surface area (Å²) in [6.07, 6.45) is 1.09. The first-order chi connectivity index (χ1) is 16.2. The van der Waals surface area contributed by atoms with Crippen LogP contribution < -0.4 is 10.1 Å². The van der Waals surface area contributed by atoms with Gasteiger partial charge in [0.2, 0.25) is 15.9 Å². The molecule has 9 nitrogen and oxygen atoms in total. The number of hydrogen-bond acceptors (Lipinski definition) is 6. The first kappa shape index (κ1) is 25.8. The van der Waals surface area contributed by atoms with E-state index in [1.54, 1.807) is 49.6 Å². The van der Waals surface area contributed by atoms with Crippen LogP contribution in [0.15, 0.2) is 29.2 Å². The molecule has 1 N–H and O–H groups in total. The lowest BCUT2D eigenvalue weighted by Crippen LogP contribution is -2.44. The van der Waals surface area contributed by atoms with E-state index in [-0.39, 0.29) is 36.1 Å². The first-order valence-corrected chi connectivity index (χ1v) is 12.9. The number of sulfonamides is 1. The van der Waals surface area contributed by atoms with Crippen molar-refractivity contribution in [2.24, 2.45) is 5.92 Å². The van der Waals surface area contributed by atoms with E-state index in [2.05, 4.69) is 5.32 Å². The lowest BCUT2D eigenvalue weighted by atomic mass is 9.98. The first-order valence-electron chi connectivity index (χ1n) is 11.5. The molecule has 1 unspecified atom stereocenters. The maximum absolute atomic E-state index is 13.8. The Kier molecular flexibility index (Phi) is 8.04. The van der Waals surface area contributed by atoms with Gasteiger partial charge in [0.25, 0.3) is 0 Å². The maximum atomic E-state index is 13.8. The highest BCUT2D eigenvalue weighted by Gasteiger charge is 2.39. The number of esters is 1. The van der Waals surface area contributed by atoms with Crippen molar-refractivity contribution in [3.8, 4) is 5.75 Å². The van der Waals surface area contributed by atoms with E-state index >= 15 is 0 Å². The van der Waals surface area contributed by atoms with E-state index in [9.17, 15) is 18.0 Å². The number of carbonyl (C=O) groups is 2. The van der Waals surface area contributed by atoms with E-state index < -0.39 is 21.9 Å². The third kappa shape index (κ3) is 4.83. The fraction of sp³-hybridized carbons (Fsp3) is 0.500. The van der Waals surface area contributed by atoms with Crippen molar-refractivity contribution in [1.82, 2.24) is 8.87 Å². The second-order valence-corrected chi connectivity index (χ2v) is 10.1. The van der Waals surface area contributed by atoms with Crippen molar-refractivity contribution < 1.29 is 27.5 Å². The predicted octanol–water partition coefficient (Wildman–Crippen LogP) is 3.35. The molecule has 186 valence electrons. The molecule has 0 radical (unpaired) electrons. The van der Waals surface area contributed by atoms with Gasteiger partial charge in [-0.2, -0.15) is 4.31 Å². The van der Waals surface area contributed by atoms with Crippen LogP contribution in [0.2, 0.25) is 0 Å². The van der Waals surface area contributed by atoms with Gasteiger partial charge in [0, 0.05) is 31.0 Å². The molecule has 0 bridgehead atoms. The summed E-state index contributed by atoms with van der Waals surface area (Å²) in [6, 6.07) is 7.07. The summed E-state index contributed by atoms with van der Waals surface area (Å²) in [5.41, 5.74) is 1.65. The number of anilines is 1. The highest BCUT2D eigenvalue weighted by atomic mass is 32.2. The molecule has 1 aromatic carbocycles. The topological polar surface area (TPSA) is 107 Å². The molecule has 1 aromatic heterocycles. The molecule has 10 heteroatoms. The number of hydrogen-bond donors (Lipinski definition) is 1. The number of amides is 1. The molecule has 2 heterocycles. The molecule has 1 fully saturated rings. The van der Waals surface area contributed by atoms with Gasteiger partial charge in [0.1, 0.15) is 16.2 Å². The highest BCUT2D eigenvalue weighted by Crippen LogP contribution is 2.33. The fourth-order valence-corrected chi connectivity index (χ4v) is 6.55. The molecule has 2 aromatic rings. The zero-order chi connectivity index (χ0) is 25.0. The van der Waals surface area contributed by atoms with Gasteiger partial charge in [0.05, 0.1) is 25.3 Å². The van der Waals surface area contributed by atoms with Gasteiger partial charge in [0.15, 0.2) is 0 Å². The summed E-state index contributed by atoms with van der Waals surface area (Å²) < 4.78 is 41.2. The van der Waals surface area contributed by atoms with Crippen molar-refractivity contribution in [2.45, 2.75) is 52.0 Å². The molecule has 1 saturated heterocycles. The van der Waals surface area contributed by atoms with Gasteiger partial charge in [-0.05, 0) is 52.7 Å². The van der Waals surface area contributed by atoms with Crippen LogP contribution in [0.1, 0.15) is 48.4 Å². The van der Waals surface area contributed by atoms with E-state index in [4.69, 9.17) is 9.47 Å². The van der Waals surface area contributed by atoms with Crippen LogP contribution in [0, 0.1) is 19.8 Å². The Hall–Kier alpha value is -2.85. The summed E-state index contributed by atoms with van der Waals surface area (Å²) in [5, 5.41) is 2.86. The van der Waals surface area contributed by atoms with Gasteiger partial charge < -0.3 is 19.4 Å². The summed E-state index contributed by atoms with van der Waals surface area (Å²) in [5.74, 6) is -0.929. The van der Waals surface area contributed by atoms with E-state index in [0.29, 0.717) is 42.2 Å². The summed E-state index contributed by atoms with van der Waals surface area (Å²) in [6.45, 7) is 7.96. The summed E-state index contributed by atoms with van der Waals surface area (Å²) >= 11 is 0. The Balaban J connectivity index is 1.91. The van der Waals surface area contributed by atoms with Crippen molar-refractivity contribution in [1.29, 1.82) is 0 Å². The average molecular weight is 492 g/mol. The summed E-state index contributed by atoms with van der Waals surface area (Å²) in [7, 11) is -2.52. The Morgan fingerprint density at radius 3 is 2.50 bits per heavy atom. The van der Waals surface area contributed by atoms with Crippen molar-refractivity contribution in [3.63, 3.8) is 0 Å². The molecule has 0 spiro atoms. The number of ether oxygens (including phenoxy) is 2. The Labute approximate surface area is 201 Å². The molecular formula is C24H33N3O6S. The third-order valence-corrected chi connectivity index (χ3v) is 8.27. The van der Waals surface area contributed by atoms with Gasteiger partial charge >= 0.3 is 5.97 Å². The number of rotatable bonds is 8. The van der Waals surface area contributed by atoms with Crippen molar-refractivity contribution >= 4 is 27.6 Å². The third-order valence-electron chi connectivity index (χ3n) is 6.24. The number of carbonyl (C=O) groups excluding carboxylic acids is 2. The number of benzene rings is 1. The standard InChI is InChI=1S/C24H33N3O6S/c1-6-27-16(3)21(24(29)33-7-2)22(17(27)4)34(30,31)26-14-10-11-18(15-26)23(28)25-19-12-8-9-13-20(19)32-5/h8-9,12-13,18H,6-7,10-11,14-15H2,1-5H3,(H,25,28). The Morgan fingerprint density at radius 1 is 1.15 bits per heavy atom. The monoisotopic (exact) mass is 491 g/mol. The van der Waals surface area contributed by atoms with Crippen LogP contribution in [0.5, 0.6) is 5.75 Å². The van der Waals surface area contributed by atoms with Crippen LogP contribution >= 0.6 is 0 Å². The highest BCUT2D eigenvalue weighted by molar-refractivity contribution is 7.89. The maximum Gasteiger partial charge on any atom is 0.341 e. The number of nitrogens with one attached hydrogen (secondary N) is 1. The second-order valence-electron chi connectivity index (χ2n) is 8.23. The second kappa shape index (κ2) is 10.6. The van der Waals surface area contributed by atoms with E-state index in [1.807, 2.05) is 6.92 Å². The van der Waals surface area contributed by atoms with Crippen LogP contribution in [0.3, 0.4) is 0 Å². The lowest BCUT2D eigenvalue weighted by Gasteiger charge is -2.31. The Morgan fingerprint density at radius 2 is 1.85 bits per heavy atom. The van der Waals surface area contributed by atoms with Gasteiger partial charge in [-0.1, -0.05) is 12.1 Å². The number of nitrogens with zero attached hydrogens (tertiary/aromatic N) is 2. The lowest BCUT2D eigenvalue weighted by molar-refractivity contribution is -0.120. The van der Waals surface area contributed by atoms with Crippen LogP contribution in [-0.4, -0.2) is 56.0 Å².